The molecule has 2 aromatic carbocycles. The molecule has 0 saturated heterocycles. The highest BCUT2D eigenvalue weighted by molar-refractivity contribution is 8.15. The van der Waals surface area contributed by atoms with Crippen molar-refractivity contribution in [2.45, 2.75) is 24.1 Å². The Morgan fingerprint density at radius 1 is 1.27 bits per heavy atom. The highest BCUT2D eigenvalue weighted by atomic mass is 32.2. The molecule has 2 amide bonds. The molecule has 2 aromatic rings. The van der Waals surface area contributed by atoms with Gasteiger partial charge in [-0.1, -0.05) is 42.1 Å². The van der Waals surface area contributed by atoms with Crippen LogP contribution in [0.1, 0.15) is 30.4 Å². The zero-order valence-corrected chi connectivity index (χ0v) is 21.6. The molecule has 0 aromatic heterocycles. The molecule has 0 aliphatic carbocycles. The molecule has 0 radical (unpaired) electrons. The zero-order valence-electron chi connectivity index (χ0n) is 20.7. The van der Waals surface area contributed by atoms with Gasteiger partial charge in [0.2, 0.25) is 5.96 Å². The molecule has 196 valence electrons. The van der Waals surface area contributed by atoms with Crippen molar-refractivity contribution in [3.63, 3.8) is 0 Å². The summed E-state index contributed by atoms with van der Waals surface area (Å²) in [6.45, 7) is 1.27. The molecule has 0 saturated carbocycles. The third-order valence-electron chi connectivity index (χ3n) is 5.77. The number of nitrogens with zero attached hydrogens (tertiary/aromatic N) is 5. The van der Waals surface area contributed by atoms with Crippen LogP contribution in [0.2, 0.25) is 0 Å². The van der Waals surface area contributed by atoms with Crippen molar-refractivity contribution in [3.8, 4) is 6.19 Å². The van der Waals surface area contributed by atoms with E-state index in [1.165, 1.54) is 21.7 Å². The predicted octanol–water partition coefficient (Wildman–Crippen LogP) is 3.36. The second kappa shape index (κ2) is 13.0. The number of nitrogens with two attached hydrogens (primary N) is 1. The number of carbonyl (C=O) groups is 1. The SMILES string of the molecule is CN=C(NC#N)NCCCC1(c2ccccc2)SC(c2cc(F)ccc2F)=NN1C(=O)N(C)CCCN. The number of carbonyl (C=O) groups excluding carboxylic acids is 1. The van der Waals surface area contributed by atoms with Gasteiger partial charge >= 0.3 is 6.03 Å². The molecule has 1 heterocycles. The quantitative estimate of drug-likeness (QED) is 0.151. The van der Waals surface area contributed by atoms with Crippen LogP contribution in [0.4, 0.5) is 13.6 Å². The second-order valence-corrected chi connectivity index (χ2v) is 9.55. The van der Waals surface area contributed by atoms with E-state index in [1.54, 1.807) is 14.1 Å². The molecule has 4 N–H and O–H groups in total. The average Bonchev–Trinajstić information content (AvgIpc) is 3.30. The van der Waals surface area contributed by atoms with Crippen LogP contribution in [-0.4, -0.2) is 60.7 Å². The fourth-order valence-corrected chi connectivity index (χ4v) is 5.31. The predicted molar refractivity (Wildman–Crippen MR) is 141 cm³/mol. The van der Waals surface area contributed by atoms with E-state index in [9.17, 15) is 13.6 Å². The van der Waals surface area contributed by atoms with Crippen LogP contribution in [0.15, 0.2) is 58.6 Å². The third-order valence-corrected chi connectivity index (χ3v) is 7.22. The van der Waals surface area contributed by atoms with Gasteiger partial charge in [-0.3, -0.25) is 10.3 Å². The van der Waals surface area contributed by atoms with Crippen molar-refractivity contribution in [2.75, 3.05) is 33.7 Å². The largest absolute Gasteiger partial charge is 0.356 e. The number of amides is 2. The molecule has 9 nitrogen and oxygen atoms in total. The maximum atomic E-state index is 14.8. The van der Waals surface area contributed by atoms with E-state index < -0.39 is 16.5 Å². The Morgan fingerprint density at radius 3 is 2.70 bits per heavy atom. The van der Waals surface area contributed by atoms with Crippen LogP contribution >= 0.6 is 11.8 Å². The van der Waals surface area contributed by atoms with E-state index in [4.69, 9.17) is 11.0 Å². The molecule has 37 heavy (non-hydrogen) atoms. The first kappa shape index (κ1) is 27.9. The minimum atomic E-state index is -1.03. The van der Waals surface area contributed by atoms with Gasteiger partial charge in [0.15, 0.2) is 6.19 Å². The van der Waals surface area contributed by atoms with Gasteiger partial charge in [0.1, 0.15) is 21.5 Å². The number of halogens is 2. The molecule has 0 bridgehead atoms. The van der Waals surface area contributed by atoms with Crippen molar-refractivity contribution in [1.29, 1.82) is 5.26 Å². The molecule has 1 aliphatic heterocycles. The molecular weight excluding hydrogens is 498 g/mol. The summed E-state index contributed by atoms with van der Waals surface area (Å²) >= 11 is 1.21. The van der Waals surface area contributed by atoms with Gasteiger partial charge in [0, 0.05) is 32.7 Å². The van der Waals surface area contributed by atoms with Crippen molar-refractivity contribution in [1.82, 2.24) is 20.5 Å². The Labute approximate surface area is 219 Å². The molecule has 1 unspecified atom stereocenters. The fourth-order valence-electron chi connectivity index (χ4n) is 3.90. The van der Waals surface area contributed by atoms with Crippen LogP contribution in [0.3, 0.4) is 0 Å². The van der Waals surface area contributed by atoms with Gasteiger partial charge < -0.3 is 16.0 Å². The first-order chi connectivity index (χ1) is 17.9. The number of hydrazone groups is 1. The van der Waals surface area contributed by atoms with Gasteiger partial charge in [-0.2, -0.15) is 15.4 Å². The zero-order chi connectivity index (χ0) is 26.8. The van der Waals surface area contributed by atoms with Crippen LogP contribution in [0.25, 0.3) is 0 Å². The molecule has 1 aliphatic rings. The monoisotopic (exact) mass is 528 g/mol. The maximum absolute atomic E-state index is 14.8. The van der Waals surface area contributed by atoms with Gasteiger partial charge in [-0.15, -0.1) is 0 Å². The lowest BCUT2D eigenvalue weighted by Crippen LogP contribution is -2.48. The summed E-state index contributed by atoms with van der Waals surface area (Å²) in [5.74, 6) is -0.910. The van der Waals surface area contributed by atoms with Crippen LogP contribution in [-0.2, 0) is 4.87 Å². The fraction of sp³-hybridized carbons (Fsp3) is 0.360. The minimum absolute atomic E-state index is 0.0121. The Morgan fingerprint density at radius 2 is 2.03 bits per heavy atom. The normalized spacial score (nSPS) is 17.2. The molecule has 0 spiro atoms. The number of urea groups is 1. The van der Waals surface area contributed by atoms with Crippen molar-refractivity contribution >= 4 is 28.8 Å². The summed E-state index contributed by atoms with van der Waals surface area (Å²) in [6.07, 6.45) is 3.38. The molecular formula is C25H30F2N8OS. The van der Waals surface area contributed by atoms with Gasteiger partial charge in [0.25, 0.3) is 0 Å². The van der Waals surface area contributed by atoms with Crippen molar-refractivity contribution in [3.05, 3.63) is 71.3 Å². The van der Waals surface area contributed by atoms with E-state index in [1.807, 2.05) is 36.5 Å². The van der Waals surface area contributed by atoms with Gasteiger partial charge in [0.05, 0.1) is 0 Å². The topological polar surface area (TPSA) is 122 Å². The number of thioether (sulfide) groups is 1. The summed E-state index contributed by atoms with van der Waals surface area (Å²) in [5.41, 5.74) is 6.42. The van der Waals surface area contributed by atoms with E-state index in [-0.39, 0.29) is 16.6 Å². The molecule has 3 rings (SSSR count). The number of nitriles is 1. The Hall–Kier alpha value is -3.69. The van der Waals surface area contributed by atoms with E-state index in [2.05, 4.69) is 20.7 Å². The average molecular weight is 529 g/mol. The first-order valence-electron chi connectivity index (χ1n) is 11.8. The lowest BCUT2D eigenvalue weighted by Gasteiger charge is -2.37. The number of hydrogen-bond acceptors (Lipinski definition) is 6. The second-order valence-electron chi connectivity index (χ2n) is 8.28. The number of hydrogen-bond donors (Lipinski definition) is 3. The molecule has 12 heteroatoms. The number of rotatable bonds is 9. The lowest BCUT2D eigenvalue weighted by molar-refractivity contribution is 0.131. The molecule has 1 atom stereocenters. The van der Waals surface area contributed by atoms with Crippen molar-refractivity contribution in [2.24, 2.45) is 15.8 Å². The van der Waals surface area contributed by atoms with Crippen LogP contribution in [0.5, 0.6) is 0 Å². The summed E-state index contributed by atoms with van der Waals surface area (Å²) in [4.78, 5) is 18.1. The first-order valence-corrected chi connectivity index (χ1v) is 12.6. The Balaban J connectivity index is 2.01. The van der Waals surface area contributed by atoms with Crippen LogP contribution < -0.4 is 16.4 Å². The summed E-state index contributed by atoms with van der Waals surface area (Å²) < 4.78 is 28.9. The number of guanidine groups is 1. The van der Waals surface area contributed by atoms with Gasteiger partial charge in [-0.05, 0) is 49.6 Å². The number of aliphatic imine (C=N–C) groups is 1. The van der Waals surface area contributed by atoms with Gasteiger partial charge in [-0.25, -0.2) is 13.6 Å². The van der Waals surface area contributed by atoms with E-state index in [0.29, 0.717) is 44.9 Å². The smallest absolute Gasteiger partial charge is 0.341 e. The summed E-state index contributed by atoms with van der Waals surface area (Å²) in [5, 5.41) is 20.5. The minimum Gasteiger partial charge on any atom is -0.356 e. The van der Waals surface area contributed by atoms with E-state index >= 15 is 0 Å². The van der Waals surface area contributed by atoms with Crippen molar-refractivity contribution < 1.29 is 13.6 Å². The third kappa shape index (κ3) is 6.55. The standard InChI is InChI=1S/C25H30F2N8OS/c1-30-23(32-17-29)31-14-6-12-25(18-8-4-3-5-9-18)35(24(36)34(2)15-7-13-28)33-22(37-25)20-16-19(26)10-11-21(20)27/h3-5,8-11,16H,6-7,12-15,28H2,1-2H3,(H2,30,31,32). The van der Waals surface area contributed by atoms with E-state index in [0.717, 1.165) is 23.8 Å². The maximum Gasteiger partial charge on any atom is 0.341 e. The number of benzene rings is 2. The Bertz CT molecular complexity index is 1190. The highest BCUT2D eigenvalue weighted by Gasteiger charge is 2.49. The van der Waals surface area contributed by atoms with Crippen LogP contribution in [0, 0.1) is 23.1 Å². The number of nitrogens with one attached hydrogen (secondary N) is 2. The molecule has 0 fully saturated rings. The summed E-state index contributed by atoms with van der Waals surface area (Å²) in [7, 11) is 3.21. The Kier molecular flexibility index (Phi) is 9.82. The lowest BCUT2D eigenvalue weighted by atomic mass is 10.0. The highest BCUT2D eigenvalue weighted by Crippen LogP contribution is 2.50. The summed E-state index contributed by atoms with van der Waals surface area (Å²) in [6, 6.07) is 12.1.